The molecule has 4 heteroatoms. The second-order valence-electron chi connectivity index (χ2n) is 6.11. The van der Waals surface area contributed by atoms with E-state index in [-0.39, 0.29) is 5.78 Å². The number of rotatable bonds is 3. The van der Waals surface area contributed by atoms with Crippen LogP contribution in [0.15, 0.2) is 0 Å². The molecule has 1 aromatic rings. The molecular weight excluding hydrogens is 272 g/mol. The Morgan fingerprint density at radius 3 is 1.40 bits per heavy atom. The number of hydrogen-bond acceptors (Lipinski definition) is 3. The minimum Gasteiger partial charge on any atom is -0.292 e. The lowest BCUT2D eigenvalue weighted by atomic mass is 9.85. The Morgan fingerprint density at radius 2 is 1.10 bits per heavy atom. The van der Waals surface area contributed by atoms with E-state index in [0.29, 0.717) is 5.56 Å². The molecule has 1 rings (SSSR count). The Kier molecular flexibility index (Phi) is 4.22. The quantitative estimate of drug-likeness (QED) is 0.805. The largest absolute Gasteiger partial charge is 0.292 e. The van der Waals surface area contributed by atoms with Crippen molar-refractivity contribution in [2.45, 2.75) is 53.2 Å². The summed E-state index contributed by atoms with van der Waals surface area (Å²) in [5.41, 5.74) is 5.59. The van der Waals surface area contributed by atoms with Gasteiger partial charge in [0.05, 0.1) is 0 Å². The molecule has 3 nitrogen and oxygen atoms in total. The number of carbonyl (C=O) groups excluding carboxylic acids is 1. The highest BCUT2D eigenvalue weighted by atomic mass is 32.2. The van der Waals surface area contributed by atoms with Gasteiger partial charge in [0.1, 0.15) is 4.75 Å². The molecule has 0 amide bonds. The lowest BCUT2D eigenvalue weighted by Gasteiger charge is -2.25. The van der Waals surface area contributed by atoms with Crippen LogP contribution in [0.5, 0.6) is 0 Å². The van der Waals surface area contributed by atoms with Gasteiger partial charge in [-0.3, -0.25) is 4.79 Å². The van der Waals surface area contributed by atoms with Crippen molar-refractivity contribution in [1.82, 2.24) is 0 Å². The fraction of sp³-hybridized carbons (Fsp3) is 0.562. The molecule has 0 atom stereocenters. The zero-order valence-corrected chi connectivity index (χ0v) is 14.4. The van der Waals surface area contributed by atoms with Gasteiger partial charge in [0.15, 0.2) is 15.6 Å². The number of sulfone groups is 1. The van der Waals surface area contributed by atoms with Gasteiger partial charge in [0, 0.05) is 11.8 Å². The van der Waals surface area contributed by atoms with Gasteiger partial charge >= 0.3 is 0 Å². The lowest BCUT2D eigenvalue weighted by molar-refractivity contribution is 0.0952. The van der Waals surface area contributed by atoms with E-state index in [4.69, 9.17) is 0 Å². The Bertz CT molecular complexity index is 651. The van der Waals surface area contributed by atoms with Gasteiger partial charge in [-0.1, -0.05) is 0 Å². The number of ketones is 1. The van der Waals surface area contributed by atoms with Crippen molar-refractivity contribution in [3.63, 3.8) is 0 Å². The third-order valence-electron chi connectivity index (χ3n) is 4.70. The second-order valence-corrected chi connectivity index (χ2v) is 8.68. The third-order valence-corrected chi connectivity index (χ3v) is 6.74. The van der Waals surface area contributed by atoms with Gasteiger partial charge in [0.25, 0.3) is 0 Å². The molecule has 0 aromatic heterocycles. The van der Waals surface area contributed by atoms with E-state index in [9.17, 15) is 13.2 Å². The summed E-state index contributed by atoms with van der Waals surface area (Å²) in [7, 11) is -3.47. The van der Waals surface area contributed by atoms with Crippen LogP contribution in [0.3, 0.4) is 0 Å². The number of benzene rings is 1. The maximum absolute atomic E-state index is 12.8. The van der Waals surface area contributed by atoms with Crippen LogP contribution in [-0.2, 0) is 9.84 Å². The minimum atomic E-state index is -3.47. The number of Topliss-reactive ketones (excluding diaryl/α,β-unsaturated/α-hetero) is 1. The first-order valence-corrected chi connectivity index (χ1v) is 8.54. The van der Waals surface area contributed by atoms with Gasteiger partial charge in [-0.05, 0) is 76.3 Å². The van der Waals surface area contributed by atoms with Crippen molar-refractivity contribution >= 4 is 15.6 Å². The molecule has 0 aliphatic heterocycles. The molecular formula is C16H24O3S. The predicted molar refractivity (Wildman–Crippen MR) is 83.4 cm³/mol. The topological polar surface area (TPSA) is 51.2 Å². The third kappa shape index (κ3) is 2.41. The maximum Gasteiger partial charge on any atom is 0.184 e. The van der Waals surface area contributed by atoms with Crippen LogP contribution in [-0.4, -0.2) is 25.2 Å². The normalized spacial score (nSPS) is 12.6. The van der Waals surface area contributed by atoms with E-state index >= 15 is 0 Å². The van der Waals surface area contributed by atoms with Crippen molar-refractivity contribution < 1.29 is 13.2 Å². The van der Waals surface area contributed by atoms with Crippen LogP contribution in [0.1, 0.15) is 52.0 Å². The molecule has 112 valence electrons. The highest BCUT2D eigenvalue weighted by Crippen LogP contribution is 2.31. The number of carbonyl (C=O) groups is 1. The summed E-state index contributed by atoms with van der Waals surface area (Å²) in [6.07, 6.45) is 1.11. The first-order valence-electron chi connectivity index (χ1n) is 6.65. The van der Waals surface area contributed by atoms with E-state index in [1.807, 2.05) is 34.6 Å². The fourth-order valence-corrected chi connectivity index (χ4v) is 2.75. The van der Waals surface area contributed by atoms with Crippen LogP contribution in [0.2, 0.25) is 0 Å². The fourth-order valence-electron chi connectivity index (χ4n) is 2.31. The van der Waals surface area contributed by atoms with Gasteiger partial charge in [-0.25, -0.2) is 8.42 Å². The molecule has 0 bridgehead atoms. The molecule has 0 aliphatic carbocycles. The van der Waals surface area contributed by atoms with Gasteiger partial charge < -0.3 is 0 Å². The van der Waals surface area contributed by atoms with E-state index in [1.165, 1.54) is 13.8 Å². The smallest absolute Gasteiger partial charge is 0.184 e. The molecule has 0 saturated heterocycles. The van der Waals surface area contributed by atoms with Crippen LogP contribution >= 0.6 is 0 Å². The minimum absolute atomic E-state index is 0.318. The van der Waals surface area contributed by atoms with Crippen LogP contribution in [0.4, 0.5) is 0 Å². The molecule has 0 N–H and O–H groups in total. The molecule has 0 radical (unpaired) electrons. The van der Waals surface area contributed by atoms with Crippen molar-refractivity contribution in [3.8, 4) is 0 Å². The highest BCUT2D eigenvalue weighted by molar-refractivity contribution is 7.92. The van der Waals surface area contributed by atoms with Crippen molar-refractivity contribution in [2.24, 2.45) is 0 Å². The van der Waals surface area contributed by atoms with Gasteiger partial charge in [0.2, 0.25) is 0 Å². The Morgan fingerprint density at radius 1 is 0.800 bits per heavy atom. The average Bonchev–Trinajstić information content (AvgIpc) is 2.32. The summed E-state index contributed by atoms with van der Waals surface area (Å²) in [4.78, 5) is 12.8. The van der Waals surface area contributed by atoms with Crippen LogP contribution in [0.25, 0.3) is 0 Å². The van der Waals surface area contributed by atoms with Crippen molar-refractivity contribution in [2.75, 3.05) is 6.26 Å². The summed E-state index contributed by atoms with van der Waals surface area (Å²) < 4.78 is 22.4. The first-order chi connectivity index (χ1) is 8.84. The summed E-state index contributed by atoms with van der Waals surface area (Å²) in [5, 5.41) is 0. The summed E-state index contributed by atoms with van der Waals surface area (Å²) in [6, 6.07) is 0. The Labute approximate surface area is 122 Å². The zero-order valence-electron chi connectivity index (χ0n) is 13.6. The monoisotopic (exact) mass is 296 g/mol. The van der Waals surface area contributed by atoms with Crippen LogP contribution < -0.4 is 0 Å². The molecule has 20 heavy (non-hydrogen) atoms. The summed E-state index contributed by atoms with van der Waals surface area (Å²) >= 11 is 0. The maximum atomic E-state index is 12.8. The molecule has 0 spiro atoms. The van der Waals surface area contributed by atoms with Crippen LogP contribution in [0, 0.1) is 34.6 Å². The van der Waals surface area contributed by atoms with Crippen molar-refractivity contribution in [1.29, 1.82) is 0 Å². The summed E-state index contributed by atoms with van der Waals surface area (Å²) in [5.74, 6) is -0.318. The average molecular weight is 296 g/mol. The molecule has 0 unspecified atom stereocenters. The molecule has 0 aliphatic rings. The second kappa shape index (κ2) is 4.99. The van der Waals surface area contributed by atoms with E-state index in [1.54, 1.807) is 0 Å². The first kappa shape index (κ1) is 16.9. The predicted octanol–water partition coefficient (Wildman–Crippen LogP) is 3.23. The molecule has 1 aromatic carbocycles. The number of hydrogen-bond donors (Lipinski definition) is 0. The van der Waals surface area contributed by atoms with Crippen molar-refractivity contribution in [3.05, 3.63) is 33.4 Å². The molecule has 0 fully saturated rings. The Balaban J connectivity index is 3.70. The highest BCUT2D eigenvalue weighted by Gasteiger charge is 2.40. The van der Waals surface area contributed by atoms with Gasteiger partial charge in [-0.15, -0.1) is 0 Å². The molecule has 0 saturated carbocycles. The van der Waals surface area contributed by atoms with E-state index in [0.717, 1.165) is 34.1 Å². The standard InChI is InChI=1S/C16H24O3S/c1-9-10(2)12(4)14(13(5)11(9)3)15(17)16(6,7)20(8,18)19/h1-8H3. The van der Waals surface area contributed by atoms with Gasteiger partial charge in [-0.2, -0.15) is 0 Å². The lowest BCUT2D eigenvalue weighted by Crippen LogP contribution is -2.40. The van der Waals surface area contributed by atoms with E-state index < -0.39 is 14.6 Å². The van der Waals surface area contributed by atoms with E-state index in [2.05, 4.69) is 0 Å². The Hall–Kier alpha value is -1.16. The SMILES string of the molecule is Cc1c(C)c(C)c(C(=O)C(C)(C)S(C)(=O)=O)c(C)c1C. The molecule has 0 heterocycles. The zero-order chi connectivity index (χ0) is 16.0. The summed E-state index contributed by atoms with van der Waals surface area (Å²) in [6.45, 7) is 12.7.